The quantitative estimate of drug-likeness (QED) is 0.108. The number of aromatic nitrogens is 1. The average Bonchev–Trinajstić information content (AvgIpc) is 3.50. The molecule has 0 bridgehead atoms. The third-order valence-corrected chi connectivity index (χ3v) is 8.00. The highest BCUT2D eigenvalue weighted by Crippen LogP contribution is 2.40. The summed E-state index contributed by atoms with van der Waals surface area (Å²) in [5.74, 6) is 0.829. The molecule has 0 fully saturated rings. The lowest BCUT2D eigenvalue weighted by atomic mass is 10.0. The first-order chi connectivity index (χ1) is 17.8. The highest BCUT2D eigenvalue weighted by atomic mass is 35.5. The Labute approximate surface area is 241 Å². The third kappa shape index (κ3) is 7.23. The van der Waals surface area contributed by atoms with Crippen molar-refractivity contribution in [1.82, 2.24) is 4.98 Å². The Morgan fingerprint density at radius 3 is 2.49 bits per heavy atom. The zero-order valence-electron chi connectivity index (χ0n) is 21.2. The smallest absolute Gasteiger partial charge is 0.350 e. The van der Waals surface area contributed by atoms with Gasteiger partial charge in [-0.1, -0.05) is 49.7 Å². The zero-order chi connectivity index (χ0) is 27.1. The molecule has 0 aliphatic carbocycles. The van der Waals surface area contributed by atoms with E-state index in [0.29, 0.717) is 26.6 Å². The Hall–Kier alpha value is -2.17. The molecule has 0 unspecified atom stereocenters. The molecule has 2 aromatic carbocycles. The van der Waals surface area contributed by atoms with Crippen molar-refractivity contribution in [3.8, 4) is 27.4 Å². The van der Waals surface area contributed by atoms with Gasteiger partial charge in [-0.25, -0.2) is 9.78 Å². The van der Waals surface area contributed by atoms with Gasteiger partial charge in [0.05, 0.1) is 25.6 Å². The Morgan fingerprint density at radius 1 is 1.08 bits per heavy atom. The summed E-state index contributed by atoms with van der Waals surface area (Å²) < 4.78 is 10.4. The van der Waals surface area contributed by atoms with E-state index in [1.165, 1.54) is 23.3 Å². The summed E-state index contributed by atoms with van der Waals surface area (Å²) in [7, 11) is 3.02. The molecule has 4 rings (SSSR count). The lowest BCUT2D eigenvalue weighted by Crippen LogP contribution is -2.01. The second-order valence-electron chi connectivity index (χ2n) is 8.55. The number of benzene rings is 2. The number of thiazole rings is 1. The molecule has 2 aromatic heterocycles. The van der Waals surface area contributed by atoms with Gasteiger partial charge in [0, 0.05) is 20.3 Å². The summed E-state index contributed by atoms with van der Waals surface area (Å²) in [6.45, 7) is 6.36. The first-order valence-electron chi connectivity index (χ1n) is 11.4. The van der Waals surface area contributed by atoms with E-state index < -0.39 is 5.97 Å². The van der Waals surface area contributed by atoms with Crippen LogP contribution in [0, 0.1) is 12.8 Å². The highest BCUT2D eigenvalue weighted by molar-refractivity contribution is 8.59. The van der Waals surface area contributed by atoms with Gasteiger partial charge >= 0.3 is 5.97 Å². The van der Waals surface area contributed by atoms with Crippen LogP contribution in [0.2, 0.25) is 5.02 Å². The number of nitrogens with zero attached hydrogens (tertiary/aromatic N) is 1. The Bertz CT molecular complexity index is 1370. The van der Waals surface area contributed by atoms with E-state index in [2.05, 4.69) is 48.6 Å². The predicted octanol–water partition coefficient (Wildman–Crippen LogP) is 9.00. The Kier molecular flexibility index (Phi) is 10.8. The standard InChI is InChI=1S/C27H27ClN2O3S2.H2S2/c1-15(2)11-23-24(18-10-9-16(3)20(28)13-18)30-27(35-23)29-21-14-22(34-25(21)26(31)33-5)17-7-6-8-19(12-17)32-4;1-2/h6-10,12-15H,11H2,1-5H3,(H,29,30);1-2H. The van der Waals surface area contributed by atoms with E-state index in [1.54, 1.807) is 18.4 Å². The molecule has 0 aliphatic rings. The van der Waals surface area contributed by atoms with Gasteiger partial charge in [0.2, 0.25) is 0 Å². The molecular formula is C27H29ClN2O3S4. The van der Waals surface area contributed by atoms with E-state index in [1.807, 2.05) is 49.4 Å². The van der Waals surface area contributed by atoms with Crippen LogP contribution in [0.1, 0.15) is 34.0 Å². The number of halogens is 1. The zero-order valence-corrected chi connectivity index (χ0v) is 25.3. The van der Waals surface area contributed by atoms with Crippen LogP contribution < -0.4 is 10.1 Å². The third-order valence-electron chi connectivity index (χ3n) is 5.43. The van der Waals surface area contributed by atoms with Crippen LogP contribution in [0.5, 0.6) is 5.75 Å². The molecule has 0 radical (unpaired) electrons. The van der Waals surface area contributed by atoms with Gasteiger partial charge in [-0.15, -0.1) is 46.0 Å². The molecule has 0 saturated heterocycles. The number of hydrogen-bond acceptors (Lipinski definition) is 9. The van der Waals surface area contributed by atoms with E-state index in [0.717, 1.165) is 39.4 Å². The minimum Gasteiger partial charge on any atom is -0.497 e. The summed E-state index contributed by atoms with van der Waals surface area (Å²) >= 11 is 15.8. The van der Waals surface area contributed by atoms with Crippen molar-refractivity contribution in [2.45, 2.75) is 27.2 Å². The van der Waals surface area contributed by atoms with Crippen LogP contribution in [0.25, 0.3) is 21.7 Å². The Morgan fingerprint density at radius 2 is 1.84 bits per heavy atom. The van der Waals surface area contributed by atoms with Crippen LogP contribution in [0.15, 0.2) is 48.5 Å². The fourth-order valence-electron chi connectivity index (χ4n) is 3.64. The summed E-state index contributed by atoms with van der Waals surface area (Å²) in [5, 5.41) is 4.82. The van der Waals surface area contributed by atoms with Crippen LogP contribution in [0.4, 0.5) is 10.8 Å². The molecule has 2 heterocycles. The molecule has 0 saturated carbocycles. The number of ether oxygens (including phenoxy) is 2. The lowest BCUT2D eigenvalue weighted by Gasteiger charge is -2.06. The van der Waals surface area contributed by atoms with Crippen LogP contribution >= 0.6 is 57.6 Å². The summed E-state index contributed by atoms with van der Waals surface area (Å²) in [6, 6.07) is 15.7. The van der Waals surface area contributed by atoms with E-state index in [9.17, 15) is 4.79 Å². The van der Waals surface area contributed by atoms with Gasteiger partial charge in [0.25, 0.3) is 0 Å². The minimum absolute atomic E-state index is 0.392. The number of anilines is 2. The van der Waals surface area contributed by atoms with Crippen molar-refractivity contribution >= 4 is 74.4 Å². The fourth-order valence-corrected chi connectivity index (χ4v) is 6.06. The normalized spacial score (nSPS) is 10.6. The topological polar surface area (TPSA) is 60.5 Å². The van der Waals surface area contributed by atoms with Crippen molar-refractivity contribution in [3.05, 3.63) is 68.9 Å². The molecule has 0 aliphatic heterocycles. The molecule has 5 nitrogen and oxygen atoms in total. The van der Waals surface area contributed by atoms with E-state index >= 15 is 0 Å². The number of carbonyl (C=O) groups is 1. The van der Waals surface area contributed by atoms with Gasteiger partial charge in [0.15, 0.2) is 5.13 Å². The number of thiophene rings is 1. The summed E-state index contributed by atoms with van der Waals surface area (Å²) in [5.41, 5.74) is 4.55. The minimum atomic E-state index is -0.392. The number of esters is 1. The molecule has 1 N–H and O–H groups in total. The maximum atomic E-state index is 12.6. The molecule has 0 atom stereocenters. The monoisotopic (exact) mass is 592 g/mol. The van der Waals surface area contributed by atoms with Gasteiger partial charge in [-0.3, -0.25) is 0 Å². The molecule has 37 heavy (non-hydrogen) atoms. The van der Waals surface area contributed by atoms with Gasteiger partial charge in [-0.2, -0.15) is 0 Å². The Balaban J connectivity index is 0.00000186. The second kappa shape index (κ2) is 13.6. The van der Waals surface area contributed by atoms with E-state index in [4.69, 9.17) is 26.1 Å². The lowest BCUT2D eigenvalue weighted by molar-refractivity contribution is 0.0607. The molecule has 4 aromatic rings. The van der Waals surface area contributed by atoms with Gasteiger partial charge in [-0.05, 0) is 54.7 Å². The first kappa shape index (κ1) is 29.4. The van der Waals surface area contributed by atoms with Gasteiger partial charge in [0.1, 0.15) is 10.6 Å². The number of carbonyl (C=O) groups excluding carboxylic acids is 1. The van der Waals surface area contributed by atoms with Crippen molar-refractivity contribution in [2.24, 2.45) is 5.92 Å². The van der Waals surface area contributed by atoms with Crippen LogP contribution in [0.3, 0.4) is 0 Å². The van der Waals surface area contributed by atoms with E-state index in [-0.39, 0.29) is 0 Å². The molecule has 0 amide bonds. The maximum absolute atomic E-state index is 12.6. The molecule has 0 spiro atoms. The largest absolute Gasteiger partial charge is 0.497 e. The number of nitrogens with one attached hydrogen (secondary N) is 1. The van der Waals surface area contributed by atoms with Crippen molar-refractivity contribution in [1.29, 1.82) is 0 Å². The number of hydrogen-bond donors (Lipinski definition) is 3. The average molecular weight is 593 g/mol. The molecule has 196 valence electrons. The number of aryl methyl sites for hydroxylation is 1. The molecular weight excluding hydrogens is 564 g/mol. The van der Waals surface area contributed by atoms with Crippen molar-refractivity contribution in [3.63, 3.8) is 0 Å². The SMILES string of the molecule is COC(=O)c1sc(-c2cccc(OC)c2)cc1Nc1nc(-c2ccc(C)c(Cl)c2)c(CC(C)C)s1.SS. The summed E-state index contributed by atoms with van der Waals surface area (Å²) in [4.78, 5) is 20.1. The maximum Gasteiger partial charge on any atom is 0.350 e. The number of methoxy groups -OCH3 is 2. The molecule has 10 heteroatoms. The van der Waals surface area contributed by atoms with Gasteiger partial charge < -0.3 is 14.8 Å². The highest BCUT2D eigenvalue weighted by Gasteiger charge is 2.21. The van der Waals surface area contributed by atoms with Crippen LogP contribution in [-0.2, 0) is 11.2 Å². The number of rotatable bonds is 8. The van der Waals surface area contributed by atoms with Crippen LogP contribution in [-0.4, -0.2) is 25.2 Å². The van der Waals surface area contributed by atoms with Crippen molar-refractivity contribution < 1.29 is 14.3 Å². The second-order valence-corrected chi connectivity index (χ2v) is 11.1. The first-order valence-corrected chi connectivity index (χ1v) is 15.0. The predicted molar refractivity (Wildman–Crippen MR) is 165 cm³/mol. The summed E-state index contributed by atoms with van der Waals surface area (Å²) in [6.07, 6.45) is 0.892. The fraction of sp³-hybridized carbons (Fsp3) is 0.259. The van der Waals surface area contributed by atoms with Crippen molar-refractivity contribution in [2.75, 3.05) is 19.5 Å². The number of thiol groups is 2.